The number of carboxylic acid groups (broad SMARTS) is 1. The smallest absolute Gasteiger partial charge is 0.335 e. The number of carbonyl (C=O) groups is 1. The van der Waals surface area contributed by atoms with Crippen molar-refractivity contribution in [3.8, 4) is 0 Å². The van der Waals surface area contributed by atoms with Gasteiger partial charge in [-0.2, -0.15) is 0 Å². The lowest BCUT2D eigenvalue weighted by molar-refractivity contribution is 0.0697. The number of benzene rings is 1. The van der Waals surface area contributed by atoms with Gasteiger partial charge < -0.3 is 5.11 Å². The van der Waals surface area contributed by atoms with E-state index >= 15 is 0 Å². The first-order valence-electron chi connectivity index (χ1n) is 5.82. The van der Waals surface area contributed by atoms with Crippen molar-refractivity contribution in [2.45, 2.75) is 30.4 Å². The van der Waals surface area contributed by atoms with Crippen molar-refractivity contribution >= 4 is 27.6 Å². The molecule has 0 aliphatic heterocycles. The van der Waals surface area contributed by atoms with Crippen LogP contribution in [0.3, 0.4) is 0 Å². The van der Waals surface area contributed by atoms with Crippen LogP contribution >= 0.6 is 11.8 Å². The monoisotopic (exact) mass is 302 g/mol. The molecule has 0 heterocycles. The molecule has 0 amide bonds. The lowest BCUT2D eigenvalue weighted by Gasteiger charge is -2.18. The second kappa shape index (κ2) is 5.96. The maximum absolute atomic E-state index is 11.9. The molecule has 6 heteroatoms. The molecule has 0 spiro atoms. The van der Waals surface area contributed by atoms with Crippen molar-refractivity contribution in [3.05, 3.63) is 29.8 Å². The summed E-state index contributed by atoms with van der Waals surface area (Å²) in [5.41, 5.74) is 0.228. The highest BCUT2D eigenvalue weighted by Gasteiger charge is 2.28. The average Bonchev–Trinajstić information content (AvgIpc) is 2.28. The summed E-state index contributed by atoms with van der Waals surface area (Å²) in [5, 5.41) is 8.76. The second-order valence-corrected chi connectivity index (χ2v) is 9.14. The molecule has 0 atom stereocenters. The molecule has 0 aliphatic carbocycles. The Kier molecular flexibility index (Phi) is 5.04. The van der Waals surface area contributed by atoms with E-state index in [2.05, 4.69) is 0 Å². The zero-order valence-corrected chi connectivity index (χ0v) is 12.8. The summed E-state index contributed by atoms with van der Waals surface area (Å²) in [6, 6.07) is 6.42. The molecular weight excluding hydrogens is 284 g/mol. The first-order chi connectivity index (χ1) is 8.63. The highest BCUT2D eigenvalue weighted by molar-refractivity contribution is 8.01. The molecule has 1 aromatic carbocycles. The fraction of sp³-hybridized carbons (Fsp3) is 0.462. The fourth-order valence-corrected chi connectivity index (χ4v) is 3.66. The molecule has 0 aromatic heterocycles. The van der Waals surface area contributed by atoms with Crippen LogP contribution in [0.5, 0.6) is 0 Å². The van der Waals surface area contributed by atoms with Crippen LogP contribution < -0.4 is 0 Å². The van der Waals surface area contributed by atoms with E-state index < -0.39 is 20.6 Å². The van der Waals surface area contributed by atoms with Crippen LogP contribution in [0, 0.1) is 0 Å². The van der Waals surface area contributed by atoms with Crippen LogP contribution in [0.15, 0.2) is 29.2 Å². The Balaban J connectivity index is 2.57. The van der Waals surface area contributed by atoms with Gasteiger partial charge in [-0.25, -0.2) is 13.2 Å². The number of sulfone groups is 1. The lowest BCUT2D eigenvalue weighted by atomic mass is 10.2. The van der Waals surface area contributed by atoms with Gasteiger partial charge in [0.25, 0.3) is 0 Å². The lowest BCUT2D eigenvalue weighted by Crippen LogP contribution is -2.31. The van der Waals surface area contributed by atoms with Crippen molar-refractivity contribution in [1.82, 2.24) is 0 Å². The Labute approximate surface area is 118 Å². The highest BCUT2D eigenvalue weighted by Crippen LogP contribution is 2.22. The van der Waals surface area contributed by atoms with Crippen molar-refractivity contribution in [1.29, 1.82) is 0 Å². The quantitative estimate of drug-likeness (QED) is 0.847. The molecule has 106 valence electrons. The largest absolute Gasteiger partial charge is 0.478 e. The summed E-state index contributed by atoms with van der Waals surface area (Å²) in [4.78, 5) is 11.6. The zero-order valence-electron chi connectivity index (χ0n) is 11.2. The predicted molar refractivity (Wildman–Crippen MR) is 77.7 cm³/mol. The van der Waals surface area contributed by atoms with Gasteiger partial charge in [0, 0.05) is 10.6 Å². The molecular formula is C13H18O4S2. The molecule has 4 nitrogen and oxygen atoms in total. The Hall–Kier alpha value is -1.01. The van der Waals surface area contributed by atoms with Gasteiger partial charge in [-0.15, -0.1) is 11.8 Å². The first kappa shape index (κ1) is 16.0. The van der Waals surface area contributed by atoms with Crippen LogP contribution in [-0.4, -0.2) is 35.7 Å². The van der Waals surface area contributed by atoms with Gasteiger partial charge in [0.2, 0.25) is 0 Å². The number of hydrogen-bond acceptors (Lipinski definition) is 4. The van der Waals surface area contributed by atoms with Crippen LogP contribution in [-0.2, 0) is 9.84 Å². The molecule has 1 aromatic rings. The summed E-state index contributed by atoms with van der Waals surface area (Å²) >= 11 is 1.41. The SMILES string of the molecule is CC(C)(C)S(=O)(=O)CCSc1ccc(C(=O)O)cc1. The second-order valence-electron chi connectivity index (χ2n) is 5.11. The van der Waals surface area contributed by atoms with Gasteiger partial charge in [0.15, 0.2) is 9.84 Å². The maximum Gasteiger partial charge on any atom is 0.335 e. The Morgan fingerprint density at radius 2 is 1.74 bits per heavy atom. The van der Waals surface area contributed by atoms with E-state index in [9.17, 15) is 13.2 Å². The molecule has 0 fully saturated rings. The minimum absolute atomic E-state index is 0.113. The van der Waals surface area contributed by atoms with E-state index in [-0.39, 0.29) is 11.3 Å². The van der Waals surface area contributed by atoms with Gasteiger partial charge in [-0.05, 0) is 45.0 Å². The fourth-order valence-electron chi connectivity index (χ4n) is 1.27. The molecule has 0 saturated heterocycles. The van der Waals surface area contributed by atoms with Crippen molar-refractivity contribution in [3.63, 3.8) is 0 Å². The minimum atomic E-state index is -3.10. The van der Waals surface area contributed by atoms with Gasteiger partial charge in [-0.1, -0.05) is 0 Å². The van der Waals surface area contributed by atoms with E-state index in [1.807, 2.05) is 0 Å². The van der Waals surface area contributed by atoms with Crippen molar-refractivity contribution in [2.75, 3.05) is 11.5 Å². The topological polar surface area (TPSA) is 71.4 Å². The van der Waals surface area contributed by atoms with E-state index in [0.29, 0.717) is 5.75 Å². The van der Waals surface area contributed by atoms with E-state index in [0.717, 1.165) is 4.90 Å². The molecule has 0 aliphatic rings. The highest BCUT2D eigenvalue weighted by atomic mass is 32.2. The predicted octanol–water partition coefficient (Wildman–Crippen LogP) is 2.69. The Morgan fingerprint density at radius 3 is 2.16 bits per heavy atom. The third-order valence-corrected chi connectivity index (χ3v) is 6.53. The minimum Gasteiger partial charge on any atom is -0.478 e. The van der Waals surface area contributed by atoms with E-state index in [1.165, 1.54) is 23.9 Å². The standard InChI is InChI=1S/C13H18O4S2/c1-13(2,3)19(16,17)9-8-18-11-6-4-10(5-7-11)12(14)15/h4-7H,8-9H2,1-3H3,(H,14,15). The third kappa shape index (κ3) is 4.54. The number of hydrogen-bond donors (Lipinski definition) is 1. The zero-order chi connectivity index (χ0) is 14.7. The summed E-state index contributed by atoms with van der Waals surface area (Å²) in [7, 11) is -3.10. The summed E-state index contributed by atoms with van der Waals surface area (Å²) < 4.78 is 23.1. The van der Waals surface area contributed by atoms with Crippen LogP contribution in [0.25, 0.3) is 0 Å². The number of aromatic carboxylic acids is 1. The van der Waals surface area contributed by atoms with Gasteiger partial charge in [-0.3, -0.25) is 0 Å². The number of rotatable bonds is 5. The number of carboxylic acids is 1. The van der Waals surface area contributed by atoms with Gasteiger partial charge in [0.05, 0.1) is 16.1 Å². The third-order valence-electron chi connectivity index (χ3n) is 2.66. The Morgan fingerprint density at radius 1 is 1.21 bits per heavy atom. The number of thioether (sulfide) groups is 1. The molecule has 0 unspecified atom stereocenters. The first-order valence-corrected chi connectivity index (χ1v) is 8.46. The van der Waals surface area contributed by atoms with Gasteiger partial charge in [0.1, 0.15) is 0 Å². The molecule has 1 N–H and O–H groups in total. The van der Waals surface area contributed by atoms with Crippen LogP contribution in [0.1, 0.15) is 31.1 Å². The normalized spacial score (nSPS) is 12.4. The van der Waals surface area contributed by atoms with E-state index in [4.69, 9.17) is 5.11 Å². The molecule has 0 saturated carbocycles. The van der Waals surface area contributed by atoms with Crippen LogP contribution in [0.4, 0.5) is 0 Å². The summed E-state index contributed by atoms with van der Waals surface area (Å²) in [5.74, 6) is -0.389. The van der Waals surface area contributed by atoms with Crippen molar-refractivity contribution < 1.29 is 18.3 Å². The average molecular weight is 302 g/mol. The van der Waals surface area contributed by atoms with E-state index in [1.54, 1.807) is 32.9 Å². The van der Waals surface area contributed by atoms with Crippen LogP contribution in [0.2, 0.25) is 0 Å². The molecule has 1 rings (SSSR count). The molecule has 19 heavy (non-hydrogen) atoms. The molecule has 0 bridgehead atoms. The maximum atomic E-state index is 11.9. The summed E-state index contributed by atoms with van der Waals surface area (Å²) in [6.07, 6.45) is 0. The van der Waals surface area contributed by atoms with Gasteiger partial charge >= 0.3 is 5.97 Å². The Bertz CT molecular complexity index is 539. The molecule has 0 radical (unpaired) electrons. The van der Waals surface area contributed by atoms with Crippen molar-refractivity contribution in [2.24, 2.45) is 0 Å². The summed E-state index contributed by atoms with van der Waals surface area (Å²) in [6.45, 7) is 5.07.